The Hall–Kier alpha value is -2.54. The van der Waals surface area contributed by atoms with E-state index in [1.165, 1.54) is 23.6 Å². The number of pyridine rings is 1. The highest BCUT2D eigenvalue weighted by Gasteiger charge is 2.13. The number of nitrogens with one attached hydrogen (secondary N) is 1. The number of aromatic nitrogens is 2. The van der Waals surface area contributed by atoms with Crippen LogP contribution in [0.4, 0.5) is 15.2 Å². The van der Waals surface area contributed by atoms with Crippen molar-refractivity contribution in [3.63, 3.8) is 0 Å². The number of anilines is 2. The van der Waals surface area contributed by atoms with Crippen LogP contribution in [0.25, 0.3) is 10.2 Å². The minimum absolute atomic E-state index is 0.0706. The predicted octanol–water partition coefficient (Wildman–Crippen LogP) is 2.66. The van der Waals surface area contributed by atoms with E-state index in [0.29, 0.717) is 10.8 Å². The lowest BCUT2D eigenvalue weighted by atomic mass is 10.2. The van der Waals surface area contributed by atoms with Crippen molar-refractivity contribution in [2.75, 3.05) is 11.1 Å². The van der Waals surface area contributed by atoms with E-state index in [1.54, 1.807) is 18.2 Å². The predicted molar refractivity (Wildman–Crippen MR) is 76.2 cm³/mol. The molecule has 0 unspecified atom stereocenters. The van der Waals surface area contributed by atoms with Gasteiger partial charge in [-0.2, -0.15) is 0 Å². The van der Waals surface area contributed by atoms with Crippen LogP contribution >= 0.6 is 11.3 Å². The molecule has 3 rings (SSSR count). The van der Waals surface area contributed by atoms with Crippen molar-refractivity contribution in [3.05, 3.63) is 48.0 Å². The third-order valence-electron chi connectivity index (χ3n) is 2.65. The molecular weight excluding hydrogens is 279 g/mol. The van der Waals surface area contributed by atoms with Crippen LogP contribution in [0.15, 0.2) is 36.7 Å². The normalized spacial score (nSPS) is 10.7. The molecule has 0 fully saturated rings. The SMILES string of the molecule is Nc1ccc2nc(NC(=O)c3ccncc3F)sc2c1. The second-order valence-electron chi connectivity index (χ2n) is 4.06. The van der Waals surface area contributed by atoms with E-state index in [2.05, 4.69) is 15.3 Å². The van der Waals surface area contributed by atoms with Crippen molar-refractivity contribution >= 4 is 38.3 Å². The van der Waals surface area contributed by atoms with Crippen molar-refractivity contribution in [1.29, 1.82) is 0 Å². The Morgan fingerprint density at radius 2 is 2.20 bits per heavy atom. The molecule has 0 saturated heterocycles. The van der Waals surface area contributed by atoms with Crippen LogP contribution in [-0.4, -0.2) is 15.9 Å². The van der Waals surface area contributed by atoms with E-state index in [4.69, 9.17) is 5.73 Å². The maximum Gasteiger partial charge on any atom is 0.260 e. The average molecular weight is 288 g/mol. The highest BCUT2D eigenvalue weighted by molar-refractivity contribution is 7.22. The van der Waals surface area contributed by atoms with Crippen LogP contribution in [0.1, 0.15) is 10.4 Å². The van der Waals surface area contributed by atoms with Crippen molar-refractivity contribution in [3.8, 4) is 0 Å². The molecule has 0 aliphatic rings. The van der Waals surface area contributed by atoms with Gasteiger partial charge in [0.15, 0.2) is 10.9 Å². The number of nitrogens with zero attached hydrogens (tertiary/aromatic N) is 2. The minimum atomic E-state index is -0.671. The monoisotopic (exact) mass is 288 g/mol. The van der Waals surface area contributed by atoms with Gasteiger partial charge in [-0.3, -0.25) is 15.1 Å². The number of rotatable bonds is 2. The summed E-state index contributed by atoms with van der Waals surface area (Å²) in [5.41, 5.74) is 6.97. The van der Waals surface area contributed by atoms with E-state index in [0.717, 1.165) is 16.4 Å². The third kappa shape index (κ3) is 2.30. The van der Waals surface area contributed by atoms with Crippen LogP contribution in [0.3, 0.4) is 0 Å². The maximum absolute atomic E-state index is 13.4. The van der Waals surface area contributed by atoms with Gasteiger partial charge in [0.25, 0.3) is 5.91 Å². The number of nitrogen functional groups attached to an aromatic ring is 1. The first-order valence-corrected chi connectivity index (χ1v) is 6.52. The van der Waals surface area contributed by atoms with Crippen molar-refractivity contribution in [2.45, 2.75) is 0 Å². The number of halogens is 1. The summed E-state index contributed by atoms with van der Waals surface area (Å²) in [7, 11) is 0. The number of benzene rings is 1. The quantitative estimate of drug-likeness (QED) is 0.710. The van der Waals surface area contributed by atoms with Gasteiger partial charge in [-0.15, -0.1) is 0 Å². The Balaban J connectivity index is 1.89. The lowest BCUT2D eigenvalue weighted by Crippen LogP contribution is -2.13. The summed E-state index contributed by atoms with van der Waals surface area (Å²) in [6, 6.07) is 6.59. The molecule has 2 aromatic heterocycles. The molecular formula is C13H9FN4OS. The zero-order valence-corrected chi connectivity index (χ0v) is 10.9. The van der Waals surface area contributed by atoms with Crippen LogP contribution in [0.2, 0.25) is 0 Å². The Morgan fingerprint density at radius 1 is 1.35 bits per heavy atom. The highest BCUT2D eigenvalue weighted by atomic mass is 32.1. The second kappa shape index (κ2) is 4.86. The third-order valence-corrected chi connectivity index (χ3v) is 3.58. The summed E-state index contributed by atoms with van der Waals surface area (Å²) in [6.45, 7) is 0. The molecule has 0 spiro atoms. The number of fused-ring (bicyclic) bond motifs is 1. The van der Waals surface area contributed by atoms with E-state index >= 15 is 0 Å². The number of thiazole rings is 1. The fourth-order valence-corrected chi connectivity index (χ4v) is 2.63. The number of carbonyl (C=O) groups excluding carboxylic acids is 1. The second-order valence-corrected chi connectivity index (χ2v) is 5.09. The topological polar surface area (TPSA) is 80.9 Å². The summed E-state index contributed by atoms with van der Waals surface area (Å²) < 4.78 is 14.3. The highest BCUT2D eigenvalue weighted by Crippen LogP contribution is 2.27. The molecule has 0 atom stereocenters. The molecule has 1 amide bonds. The molecule has 0 radical (unpaired) electrons. The molecule has 3 aromatic rings. The van der Waals surface area contributed by atoms with Gasteiger partial charge in [0.2, 0.25) is 0 Å². The number of hydrogen-bond donors (Lipinski definition) is 2. The molecule has 2 heterocycles. The first kappa shape index (κ1) is 12.5. The number of hydrogen-bond acceptors (Lipinski definition) is 5. The Morgan fingerprint density at radius 3 is 3.00 bits per heavy atom. The van der Waals surface area contributed by atoms with Gasteiger partial charge in [0.1, 0.15) is 0 Å². The molecule has 3 N–H and O–H groups in total. The molecule has 100 valence electrons. The summed E-state index contributed by atoms with van der Waals surface area (Å²) in [6.07, 6.45) is 2.35. The van der Waals surface area contributed by atoms with Gasteiger partial charge >= 0.3 is 0 Å². The van der Waals surface area contributed by atoms with Gasteiger partial charge in [-0.1, -0.05) is 11.3 Å². The molecule has 0 aliphatic carbocycles. The van der Waals surface area contributed by atoms with Crippen molar-refractivity contribution in [2.24, 2.45) is 0 Å². The van der Waals surface area contributed by atoms with Gasteiger partial charge < -0.3 is 5.73 Å². The number of amides is 1. The first-order chi connectivity index (χ1) is 9.63. The standard InChI is InChI=1S/C13H9FN4OS/c14-9-6-16-4-3-8(9)12(19)18-13-17-10-2-1-7(15)5-11(10)20-13/h1-6H,15H2,(H,17,18,19). The van der Waals surface area contributed by atoms with Gasteiger partial charge in [0, 0.05) is 11.9 Å². The summed E-state index contributed by atoms with van der Waals surface area (Å²) in [5.74, 6) is -1.23. The minimum Gasteiger partial charge on any atom is -0.399 e. The molecule has 7 heteroatoms. The largest absolute Gasteiger partial charge is 0.399 e. The van der Waals surface area contributed by atoms with E-state index in [9.17, 15) is 9.18 Å². The average Bonchev–Trinajstić information content (AvgIpc) is 2.80. The van der Waals surface area contributed by atoms with E-state index in [-0.39, 0.29) is 5.56 Å². The fraction of sp³-hybridized carbons (Fsp3) is 0. The molecule has 0 bridgehead atoms. The molecule has 0 aliphatic heterocycles. The first-order valence-electron chi connectivity index (χ1n) is 5.70. The van der Waals surface area contributed by atoms with Crippen LogP contribution in [-0.2, 0) is 0 Å². The molecule has 1 aromatic carbocycles. The summed E-state index contributed by atoms with van der Waals surface area (Å²) >= 11 is 1.28. The Bertz CT molecular complexity index is 802. The molecule has 0 saturated carbocycles. The summed E-state index contributed by atoms with van der Waals surface area (Å²) in [4.78, 5) is 19.8. The number of nitrogens with two attached hydrogens (primary N) is 1. The Kier molecular flexibility index (Phi) is 3.03. The molecule has 5 nitrogen and oxygen atoms in total. The Labute approximate surface area is 117 Å². The smallest absolute Gasteiger partial charge is 0.260 e. The van der Waals surface area contributed by atoms with E-state index in [1.807, 2.05) is 0 Å². The van der Waals surface area contributed by atoms with Crippen LogP contribution in [0.5, 0.6) is 0 Å². The fourth-order valence-electron chi connectivity index (χ4n) is 1.72. The van der Waals surface area contributed by atoms with Gasteiger partial charge in [-0.25, -0.2) is 9.37 Å². The zero-order chi connectivity index (χ0) is 14.1. The molecule has 20 heavy (non-hydrogen) atoms. The lowest BCUT2D eigenvalue weighted by molar-refractivity contribution is 0.102. The van der Waals surface area contributed by atoms with E-state index < -0.39 is 11.7 Å². The van der Waals surface area contributed by atoms with Crippen LogP contribution in [0, 0.1) is 5.82 Å². The maximum atomic E-state index is 13.4. The van der Waals surface area contributed by atoms with Gasteiger partial charge in [0.05, 0.1) is 22.0 Å². The van der Waals surface area contributed by atoms with Crippen molar-refractivity contribution < 1.29 is 9.18 Å². The van der Waals surface area contributed by atoms with Gasteiger partial charge in [-0.05, 0) is 24.3 Å². The summed E-state index contributed by atoms with van der Waals surface area (Å²) in [5, 5.41) is 2.96. The van der Waals surface area contributed by atoms with Crippen LogP contribution < -0.4 is 11.1 Å². The number of carbonyl (C=O) groups is 1. The zero-order valence-electron chi connectivity index (χ0n) is 10.1. The van der Waals surface area contributed by atoms with Crippen molar-refractivity contribution in [1.82, 2.24) is 9.97 Å². The lowest BCUT2D eigenvalue weighted by Gasteiger charge is -2.01.